The molecule has 0 unspecified atom stereocenters. The van der Waals surface area contributed by atoms with E-state index in [1.807, 2.05) is 0 Å². The van der Waals surface area contributed by atoms with Crippen LogP contribution in [-0.2, 0) is 37.9 Å². The Kier molecular flexibility index (Phi) is 22.1. The minimum absolute atomic E-state index is 0.0528. The second-order valence-electron chi connectivity index (χ2n) is 29.5. The lowest BCUT2D eigenvalue weighted by Crippen LogP contribution is -2.65. The molecule has 9 rings (SSSR count). The van der Waals surface area contributed by atoms with Gasteiger partial charge in [-0.05, 0) is 137 Å². The highest BCUT2D eigenvalue weighted by atomic mass is 16.8. The van der Waals surface area contributed by atoms with E-state index < -0.39 is 197 Å². The van der Waals surface area contributed by atoms with Gasteiger partial charge >= 0.3 is 0 Å². The van der Waals surface area contributed by atoms with E-state index in [0.29, 0.717) is 18.8 Å². The molecule has 0 aromatic carbocycles. The Morgan fingerprint density at radius 1 is 0.545 bits per heavy atom. The fourth-order valence-electron chi connectivity index (χ4n) is 18.0. The van der Waals surface area contributed by atoms with Crippen molar-refractivity contribution in [3.05, 3.63) is 11.6 Å². The van der Waals surface area contributed by atoms with Crippen LogP contribution in [0.1, 0.15) is 132 Å². The van der Waals surface area contributed by atoms with E-state index >= 15 is 0 Å². The number of rotatable bonds is 20. The van der Waals surface area contributed by atoms with Crippen LogP contribution in [-0.4, -0.2) is 283 Å². The van der Waals surface area contributed by atoms with Gasteiger partial charge in [-0.1, -0.05) is 53.2 Å². The Labute approximate surface area is 514 Å². The van der Waals surface area contributed by atoms with Gasteiger partial charge in [0.15, 0.2) is 18.9 Å². The first-order valence-corrected chi connectivity index (χ1v) is 32.2. The minimum atomic E-state index is -1.92. The maximum Gasteiger partial charge on any atom is 0.187 e. The quantitative estimate of drug-likeness (QED) is 0.0544. The van der Waals surface area contributed by atoms with Crippen molar-refractivity contribution in [3.63, 3.8) is 0 Å². The van der Waals surface area contributed by atoms with Crippen LogP contribution in [0.15, 0.2) is 11.6 Å². The Morgan fingerprint density at radius 2 is 1.09 bits per heavy atom. The molecule has 5 aliphatic carbocycles. The molecule has 26 heteroatoms. The first-order valence-electron chi connectivity index (χ1n) is 32.2. The van der Waals surface area contributed by atoms with E-state index in [2.05, 4.69) is 47.6 Å². The van der Waals surface area contributed by atoms with Crippen molar-refractivity contribution in [1.29, 1.82) is 0 Å². The third-order valence-corrected chi connectivity index (χ3v) is 23.8. The smallest absolute Gasteiger partial charge is 0.187 e. The van der Waals surface area contributed by atoms with Crippen molar-refractivity contribution in [2.45, 2.75) is 297 Å². The SMILES string of the molecule is C[C@H](CC[C@@H](O[C@@H]1O[C@H](CO[C@@H]2O[C@H](CO)[C@@H](O)[C@H](O)[C@H]2O)[C@@H](O)[C@H](O)[C@H]1O[C@@H]1O[C@H](CO)[C@@H](O)[C@H](O)[C@H]1O)C(C)(C)O)[C@H]1CC[C@@]2(C)[C@@H]3CC=C4[C@@H](CC[C@H](O[C@@H]5C[C@H](CC[C@@H]6O[C@H](CO)[C@@H](O)[C@H](O)[C@H]6O)[C@@H](O)[C@H](O)[C@H]5O)C4(C)C)[C@]3(C)CC[C@]12C. The number of aliphatic hydroxyl groups excluding tert-OH is 17. The molecule has 0 amide bonds. The van der Waals surface area contributed by atoms with Crippen LogP contribution in [0.25, 0.3) is 0 Å². The molecule has 0 bridgehead atoms. The van der Waals surface area contributed by atoms with Gasteiger partial charge in [-0.15, -0.1) is 0 Å². The highest BCUT2D eigenvalue weighted by Crippen LogP contribution is 2.75. The number of allylic oxidation sites excluding steroid dienone is 1. The maximum absolute atomic E-state index is 11.9. The van der Waals surface area contributed by atoms with Crippen molar-refractivity contribution < 1.29 is 130 Å². The second kappa shape index (κ2) is 27.4. The molecule has 18 N–H and O–H groups in total. The molecule has 4 saturated carbocycles. The fourth-order valence-corrected chi connectivity index (χ4v) is 18.0. The molecule has 26 nitrogen and oxygen atoms in total. The fraction of sp³-hybridized carbons (Fsp3) is 0.968. The van der Waals surface area contributed by atoms with Crippen molar-refractivity contribution >= 4 is 0 Å². The molecule has 0 aromatic rings. The molecule has 4 aliphatic heterocycles. The molecule has 4 heterocycles. The first kappa shape index (κ1) is 71.0. The minimum Gasteiger partial charge on any atom is -0.394 e. The lowest BCUT2D eigenvalue weighted by molar-refractivity contribution is -0.380. The van der Waals surface area contributed by atoms with Crippen LogP contribution in [0.4, 0.5) is 0 Å². The lowest BCUT2D eigenvalue weighted by Gasteiger charge is -2.66. The zero-order valence-corrected chi connectivity index (χ0v) is 52.1. The van der Waals surface area contributed by atoms with Crippen molar-refractivity contribution in [3.8, 4) is 0 Å². The molecule has 4 saturated heterocycles. The van der Waals surface area contributed by atoms with Gasteiger partial charge in [0.25, 0.3) is 0 Å². The van der Waals surface area contributed by atoms with E-state index in [-0.39, 0.29) is 65.8 Å². The average Bonchev–Trinajstić information content (AvgIpc) is 1.42. The standard InChI is InChI=1S/C62H106O26/c1-26(9-15-39(59(4,5)80)87-57-54(88-56-53(79)50(76)45(71)35(24-65)85-56)51(77)46(72)36(86-57)25-81-55-52(78)49(75)44(70)34(23-64)84-55)28-17-18-62(8)37-14-11-29-30(60(37,6)19-20-61(28,62)7)12-16-38(58(29,2)3)83-32-21-27(40(66)47(73)42(32)68)10-13-31-41(67)48(74)43(69)33(22-63)82-31/h11,26-28,30-57,63-80H,9-10,12-25H2,1-8H3/t26-,27+,28-,30-,31+,32-,33-,34-,35-,36-,37-,38+,39-,40-,41+,42+,43-,44-,45-,46-,47+,48-,49+,50+,51+,52-,53-,54-,55-,56+,57+,60+,61-,62+/m1/s1. The van der Waals surface area contributed by atoms with Crippen LogP contribution < -0.4 is 0 Å². The van der Waals surface area contributed by atoms with E-state index in [4.69, 9.17) is 37.9 Å². The summed E-state index contributed by atoms with van der Waals surface area (Å²) in [7, 11) is 0. The van der Waals surface area contributed by atoms with Gasteiger partial charge in [-0.3, -0.25) is 0 Å². The third kappa shape index (κ3) is 13.0. The molecule has 34 atom stereocenters. The Morgan fingerprint density at radius 3 is 1.70 bits per heavy atom. The first-order chi connectivity index (χ1) is 41.2. The topological polar surface area (TPSA) is 438 Å². The zero-order chi connectivity index (χ0) is 64.7. The number of aliphatic hydroxyl groups is 18. The summed E-state index contributed by atoms with van der Waals surface area (Å²) in [5.74, 6) is 0.415. The summed E-state index contributed by atoms with van der Waals surface area (Å²) < 4.78 is 48.4. The highest BCUT2D eigenvalue weighted by Gasteiger charge is 2.68. The van der Waals surface area contributed by atoms with Gasteiger partial charge in [-0.25, -0.2) is 0 Å². The van der Waals surface area contributed by atoms with Crippen LogP contribution >= 0.6 is 0 Å². The molecular formula is C62H106O26. The summed E-state index contributed by atoms with van der Waals surface area (Å²) in [6.07, 6.45) is -28.2. The summed E-state index contributed by atoms with van der Waals surface area (Å²) >= 11 is 0. The van der Waals surface area contributed by atoms with Gasteiger partial charge in [0, 0.05) is 5.41 Å². The van der Waals surface area contributed by atoms with E-state index in [0.717, 1.165) is 38.5 Å². The average molecular weight is 1270 g/mol. The van der Waals surface area contributed by atoms with Crippen molar-refractivity contribution in [2.75, 3.05) is 26.4 Å². The second-order valence-corrected chi connectivity index (χ2v) is 29.5. The van der Waals surface area contributed by atoms with Gasteiger partial charge in [0.2, 0.25) is 0 Å². The summed E-state index contributed by atoms with van der Waals surface area (Å²) in [6, 6.07) is 0. The van der Waals surface area contributed by atoms with Gasteiger partial charge in [0.1, 0.15) is 110 Å². The summed E-state index contributed by atoms with van der Waals surface area (Å²) in [4.78, 5) is 0. The molecule has 88 heavy (non-hydrogen) atoms. The zero-order valence-electron chi connectivity index (χ0n) is 52.1. The van der Waals surface area contributed by atoms with Crippen LogP contribution in [0.3, 0.4) is 0 Å². The molecule has 0 radical (unpaired) electrons. The van der Waals surface area contributed by atoms with E-state index in [9.17, 15) is 91.9 Å². The molecule has 510 valence electrons. The summed E-state index contributed by atoms with van der Waals surface area (Å²) in [5, 5.41) is 193. The normalized spacial score (nSPS) is 51.4. The predicted molar refractivity (Wildman–Crippen MR) is 305 cm³/mol. The number of hydrogen-bond acceptors (Lipinski definition) is 26. The molecule has 9 aliphatic rings. The van der Waals surface area contributed by atoms with Gasteiger partial charge in [0.05, 0.1) is 62.5 Å². The van der Waals surface area contributed by atoms with Crippen molar-refractivity contribution in [1.82, 2.24) is 0 Å². The van der Waals surface area contributed by atoms with Crippen LogP contribution in [0.5, 0.6) is 0 Å². The largest absolute Gasteiger partial charge is 0.394 e. The molecule has 8 fully saturated rings. The third-order valence-electron chi connectivity index (χ3n) is 23.8. The van der Waals surface area contributed by atoms with Gasteiger partial charge in [-0.2, -0.15) is 0 Å². The van der Waals surface area contributed by atoms with Gasteiger partial charge < -0.3 is 130 Å². The van der Waals surface area contributed by atoms with E-state index in [1.165, 1.54) is 5.57 Å². The van der Waals surface area contributed by atoms with E-state index in [1.54, 1.807) is 13.8 Å². The summed E-state index contributed by atoms with van der Waals surface area (Å²) in [5.41, 5.74) is -0.899. The molecule has 0 aromatic heterocycles. The maximum atomic E-state index is 11.9. The lowest BCUT2D eigenvalue weighted by atomic mass is 9.39. The monoisotopic (exact) mass is 1270 g/mol. The Bertz CT molecular complexity index is 2310. The predicted octanol–water partition coefficient (Wildman–Crippen LogP) is -2.91. The molecular weight excluding hydrogens is 1160 g/mol. The molecule has 0 spiro atoms. The highest BCUT2D eigenvalue weighted by molar-refractivity contribution is 5.30. The number of hydrogen-bond donors (Lipinski definition) is 18. The van der Waals surface area contributed by atoms with Crippen molar-refractivity contribution in [2.24, 2.45) is 51.2 Å². The van der Waals surface area contributed by atoms with Crippen LogP contribution in [0, 0.1) is 51.2 Å². The number of fused-ring (bicyclic) bond motifs is 5. The van der Waals surface area contributed by atoms with Crippen LogP contribution in [0.2, 0.25) is 0 Å². The summed E-state index contributed by atoms with van der Waals surface area (Å²) in [6.45, 7) is 14.4. The Hall–Kier alpha value is -1.30. The Balaban J connectivity index is 0.871. The number of ether oxygens (including phenoxy) is 8.